The summed E-state index contributed by atoms with van der Waals surface area (Å²) in [6.45, 7) is -0.0151. The number of alkyl halides is 2. The topological polar surface area (TPSA) is 75.7 Å². The van der Waals surface area contributed by atoms with Gasteiger partial charge in [-0.15, -0.1) is 0 Å². The van der Waals surface area contributed by atoms with Crippen LogP contribution in [-0.4, -0.2) is 56.6 Å². The minimum atomic E-state index is -4.35. The standard InChI is InChI=1S/C22H23F3N2O4S/c23-13-32(29,30)26-21-17(24)7-9-27-19(21)12-14-3-1-4-15(11-14)16-5-2-6-18(25)22(16)31-10-8-20(27)28/h1-6,11,17,19,21,26H,7-10,12-13H2. The summed E-state index contributed by atoms with van der Waals surface area (Å²) in [6, 6.07) is 7.78. The van der Waals surface area contributed by atoms with E-state index in [9.17, 15) is 26.4 Å². The number of hydrogen-bond donors (Lipinski definition) is 1. The summed E-state index contributed by atoms with van der Waals surface area (Å²) < 4.78 is 73.7. The van der Waals surface area contributed by atoms with Crippen molar-refractivity contribution in [2.75, 3.05) is 19.2 Å². The molecule has 2 aromatic rings. The molecule has 4 rings (SSSR count). The molecule has 0 saturated carbocycles. The molecule has 6 nitrogen and oxygen atoms in total. The smallest absolute Gasteiger partial charge is 0.241 e. The highest BCUT2D eigenvalue weighted by Gasteiger charge is 2.42. The van der Waals surface area contributed by atoms with E-state index < -0.39 is 40.1 Å². The molecule has 1 N–H and O–H groups in total. The molecule has 2 aliphatic heterocycles. The van der Waals surface area contributed by atoms with Crippen LogP contribution in [0.25, 0.3) is 11.1 Å². The Hall–Kier alpha value is -2.59. The molecule has 1 fully saturated rings. The van der Waals surface area contributed by atoms with E-state index in [-0.39, 0.29) is 44.1 Å². The van der Waals surface area contributed by atoms with Gasteiger partial charge in [0.15, 0.2) is 11.6 Å². The van der Waals surface area contributed by atoms with Gasteiger partial charge in [0.2, 0.25) is 21.9 Å². The molecule has 2 heterocycles. The van der Waals surface area contributed by atoms with E-state index in [0.29, 0.717) is 16.7 Å². The van der Waals surface area contributed by atoms with Crippen molar-refractivity contribution in [2.24, 2.45) is 0 Å². The van der Waals surface area contributed by atoms with Gasteiger partial charge in [0.1, 0.15) is 6.17 Å². The number of para-hydroxylation sites is 1. The van der Waals surface area contributed by atoms with Gasteiger partial charge in [0.25, 0.3) is 0 Å². The van der Waals surface area contributed by atoms with Crippen LogP contribution in [0, 0.1) is 5.82 Å². The van der Waals surface area contributed by atoms with E-state index in [2.05, 4.69) is 4.72 Å². The molecule has 0 radical (unpaired) electrons. The fraction of sp³-hybridized carbons (Fsp3) is 0.409. The number of piperidine rings is 1. The molecule has 0 spiro atoms. The number of halogens is 3. The van der Waals surface area contributed by atoms with Gasteiger partial charge in [-0.25, -0.2) is 26.3 Å². The second-order valence-electron chi connectivity index (χ2n) is 7.95. The van der Waals surface area contributed by atoms with Crippen molar-refractivity contribution < 1.29 is 31.1 Å². The van der Waals surface area contributed by atoms with Crippen molar-refractivity contribution in [1.29, 1.82) is 0 Å². The molecule has 10 heteroatoms. The molecule has 3 unspecified atom stereocenters. The fourth-order valence-corrected chi connectivity index (χ4v) is 5.14. The Morgan fingerprint density at radius 3 is 2.75 bits per heavy atom. The lowest BCUT2D eigenvalue weighted by Crippen LogP contribution is -2.62. The van der Waals surface area contributed by atoms with Crippen LogP contribution in [-0.2, 0) is 21.2 Å². The highest BCUT2D eigenvalue weighted by atomic mass is 32.2. The van der Waals surface area contributed by atoms with Crippen molar-refractivity contribution in [1.82, 2.24) is 9.62 Å². The Morgan fingerprint density at radius 2 is 1.97 bits per heavy atom. The number of fused-ring (bicyclic) bond motifs is 5. The molecule has 2 aliphatic rings. The van der Waals surface area contributed by atoms with Crippen LogP contribution < -0.4 is 9.46 Å². The first-order chi connectivity index (χ1) is 15.3. The number of amides is 1. The van der Waals surface area contributed by atoms with E-state index in [0.717, 1.165) is 0 Å². The minimum absolute atomic E-state index is 0.0469. The van der Waals surface area contributed by atoms with Crippen molar-refractivity contribution in [3.8, 4) is 16.9 Å². The van der Waals surface area contributed by atoms with Crippen LogP contribution in [0.2, 0.25) is 0 Å². The van der Waals surface area contributed by atoms with E-state index in [4.69, 9.17) is 4.74 Å². The number of carbonyl (C=O) groups is 1. The van der Waals surface area contributed by atoms with Crippen LogP contribution in [0.5, 0.6) is 5.75 Å². The number of nitrogens with zero attached hydrogens (tertiary/aromatic N) is 1. The summed E-state index contributed by atoms with van der Waals surface area (Å²) in [7, 11) is -4.35. The maximum absolute atomic E-state index is 14.8. The Balaban J connectivity index is 1.78. The quantitative estimate of drug-likeness (QED) is 0.752. The van der Waals surface area contributed by atoms with Crippen LogP contribution in [0.15, 0.2) is 42.5 Å². The lowest BCUT2D eigenvalue weighted by atomic mass is 9.89. The molecule has 2 aromatic carbocycles. The SMILES string of the molecule is O=C1CCOc2c(F)cccc2-c2cccc(c2)CC2C(NS(=O)(=O)CF)C(F)CCN12. The Bertz CT molecular complexity index is 1110. The summed E-state index contributed by atoms with van der Waals surface area (Å²) in [5.41, 5.74) is 1.88. The van der Waals surface area contributed by atoms with Crippen molar-refractivity contribution in [3.05, 3.63) is 53.8 Å². The van der Waals surface area contributed by atoms with Crippen LogP contribution >= 0.6 is 0 Å². The van der Waals surface area contributed by atoms with E-state index in [1.165, 1.54) is 11.0 Å². The zero-order valence-corrected chi connectivity index (χ0v) is 18.0. The molecule has 1 amide bonds. The number of sulfonamides is 1. The first-order valence-electron chi connectivity index (χ1n) is 10.3. The van der Waals surface area contributed by atoms with E-state index in [1.807, 2.05) is 0 Å². The Kier molecular flexibility index (Phi) is 6.43. The van der Waals surface area contributed by atoms with Gasteiger partial charge in [-0.05, 0) is 30.0 Å². The number of carbonyl (C=O) groups excluding carboxylic acids is 1. The van der Waals surface area contributed by atoms with Crippen molar-refractivity contribution in [2.45, 2.75) is 37.5 Å². The zero-order chi connectivity index (χ0) is 22.9. The third kappa shape index (κ3) is 4.61. The second kappa shape index (κ2) is 9.11. The van der Waals surface area contributed by atoms with Gasteiger partial charge in [0, 0.05) is 12.1 Å². The predicted molar refractivity (Wildman–Crippen MR) is 112 cm³/mol. The number of ether oxygens (including phenoxy) is 1. The maximum Gasteiger partial charge on any atom is 0.241 e. The molecular weight excluding hydrogens is 445 g/mol. The summed E-state index contributed by atoms with van der Waals surface area (Å²) >= 11 is 0. The zero-order valence-electron chi connectivity index (χ0n) is 17.1. The van der Waals surface area contributed by atoms with E-state index in [1.54, 1.807) is 36.4 Å². The largest absolute Gasteiger partial charge is 0.489 e. The minimum Gasteiger partial charge on any atom is -0.489 e. The van der Waals surface area contributed by atoms with Crippen LogP contribution in [0.3, 0.4) is 0 Å². The summed E-state index contributed by atoms with van der Waals surface area (Å²) in [4.78, 5) is 14.4. The lowest BCUT2D eigenvalue weighted by Gasteiger charge is -2.43. The third-order valence-corrected chi connectivity index (χ3v) is 6.76. The molecule has 2 bridgehead atoms. The number of nitrogens with one attached hydrogen (secondary N) is 1. The van der Waals surface area contributed by atoms with Gasteiger partial charge in [0.05, 0.1) is 25.1 Å². The average Bonchev–Trinajstić information content (AvgIpc) is 2.77. The monoisotopic (exact) mass is 468 g/mol. The summed E-state index contributed by atoms with van der Waals surface area (Å²) in [5.74, 6) is -0.874. The fourth-order valence-electron chi connectivity index (χ4n) is 4.35. The van der Waals surface area contributed by atoms with Gasteiger partial charge >= 0.3 is 0 Å². The molecule has 0 aromatic heterocycles. The Morgan fingerprint density at radius 1 is 1.19 bits per heavy atom. The normalized spacial score (nSPS) is 23.9. The maximum atomic E-state index is 14.8. The molecule has 1 saturated heterocycles. The van der Waals surface area contributed by atoms with Crippen molar-refractivity contribution in [3.63, 3.8) is 0 Å². The predicted octanol–water partition coefficient (Wildman–Crippen LogP) is 2.97. The third-order valence-electron chi connectivity index (χ3n) is 5.84. The number of benzene rings is 2. The average molecular weight is 468 g/mol. The first-order valence-corrected chi connectivity index (χ1v) is 11.9. The molecule has 0 aliphatic carbocycles. The molecular formula is C22H23F3N2O4S. The van der Waals surface area contributed by atoms with Crippen LogP contribution in [0.4, 0.5) is 13.2 Å². The number of hydrogen-bond acceptors (Lipinski definition) is 4. The second-order valence-corrected chi connectivity index (χ2v) is 9.63. The summed E-state index contributed by atoms with van der Waals surface area (Å²) in [5, 5.41) is 0. The Labute approximate surface area is 184 Å². The molecule has 32 heavy (non-hydrogen) atoms. The van der Waals surface area contributed by atoms with Gasteiger partial charge in [-0.2, -0.15) is 0 Å². The highest BCUT2D eigenvalue weighted by Crippen LogP contribution is 2.34. The first kappa shape index (κ1) is 22.6. The van der Waals surface area contributed by atoms with Gasteiger partial charge in [-0.3, -0.25) is 4.79 Å². The van der Waals surface area contributed by atoms with E-state index >= 15 is 0 Å². The highest BCUT2D eigenvalue weighted by molar-refractivity contribution is 7.89. The molecule has 172 valence electrons. The lowest BCUT2D eigenvalue weighted by molar-refractivity contribution is -0.137. The van der Waals surface area contributed by atoms with Crippen molar-refractivity contribution >= 4 is 15.9 Å². The van der Waals surface area contributed by atoms with Gasteiger partial charge in [-0.1, -0.05) is 36.4 Å². The molecule has 3 atom stereocenters. The van der Waals surface area contributed by atoms with Crippen LogP contribution in [0.1, 0.15) is 18.4 Å². The summed E-state index contributed by atoms with van der Waals surface area (Å²) in [6.07, 6.45) is -1.62. The number of rotatable bonds is 3. The van der Waals surface area contributed by atoms with Gasteiger partial charge < -0.3 is 9.64 Å².